The van der Waals surface area contributed by atoms with Crippen LogP contribution in [0.1, 0.15) is 77.2 Å². The lowest BCUT2D eigenvalue weighted by atomic mass is 9.73. The fourth-order valence-electron chi connectivity index (χ4n) is 4.64. The van der Waals surface area contributed by atoms with Crippen molar-refractivity contribution >= 4 is 23.3 Å². The number of benzene rings is 1. The first-order chi connectivity index (χ1) is 14.9. The molecule has 0 radical (unpaired) electrons. The van der Waals surface area contributed by atoms with Gasteiger partial charge in [0.25, 0.3) is 17.6 Å². The van der Waals surface area contributed by atoms with Gasteiger partial charge in [0.05, 0.1) is 11.3 Å². The molecular weight excluding hydrogens is 409 g/mol. The number of carbonyl (C=O) groups excluding carboxylic acids is 3. The molecule has 2 N–H and O–H groups in total. The predicted octanol–water partition coefficient (Wildman–Crippen LogP) is 4.61. The van der Waals surface area contributed by atoms with Gasteiger partial charge in [0.15, 0.2) is 0 Å². The summed E-state index contributed by atoms with van der Waals surface area (Å²) in [6.07, 6.45) is 4.00. The molecule has 0 saturated heterocycles. The van der Waals surface area contributed by atoms with E-state index in [-0.39, 0.29) is 23.0 Å². The van der Waals surface area contributed by atoms with Crippen molar-refractivity contribution in [1.82, 2.24) is 9.88 Å². The molecule has 172 valence electrons. The molecule has 1 aromatic heterocycles. The minimum atomic E-state index is -0.647. The van der Waals surface area contributed by atoms with Crippen molar-refractivity contribution in [3.63, 3.8) is 0 Å². The Balaban J connectivity index is 1.84. The molecule has 1 aliphatic rings. The highest BCUT2D eigenvalue weighted by Crippen LogP contribution is 2.35. The van der Waals surface area contributed by atoms with Crippen LogP contribution >= 0.6 is 0 Å². The topological polar surface area (TPSA) is 80.2 Å². The quantitative estimate of drug-likeness (QED) is 0.525. The number of aryl methyl sites for hydroxylation is 1. The Kier molecular flexibility index (Phi) is 6.58. The van der Waals surface area contributed by atoms with Crippen molar-refractivity contribution in [3.05, 3.63) is 52.1 Å². The molecule has 1 aliphatic carbocycles. The fraction of sp³-hybridized carbons (Fsp3) is 0.480. The summed E-state index contributed by atoms with van der Waals surface area (Å²) >= 11 is 0. The second kappa shape index (κ2) is 8.88. The summed E-state index contributed by atoms with van der Waals surface area (Å²) in [5, 5.41) is 5.70. The van der Waals surface area contributed by atoms with Crippen molar-refractivity contribution in [1.29, 1.82) is 0 Å². The maximum absolute atomic E-state index is 13.5. The second-order valence-corrected chi connectivity index (χ2v) is 9.50. The number of halogens is 1. The number of aromatic nitrogens is 1. The van der Waals surface area contributed by atoms with E-state index in [1.54, 1.807) is 38.5 Å². The van der Waals surface area contributed by atoms with E-state index in [1.807, 2.05) is 0 Å². The van der Waals surface area contributed by atoms with E-state index in [2.05, 4.69) is 24.5 Å². The standard InChI is InChI=1S/C25H32FN3O3/c1-14-13-17(10-11-18(14)26)27-23(31)20-15(2)21(29(6)16(20)3)22(30)24(32)28-19-9-7-8-12-25(19,4)5/h10-11,13,19H,7-9,12H2,1-6H3,(H,27,31)(H,28,32). The van der Waals surface area contributed by atoms with E-state index in [0.29, 0.717) is 28.1 Å². The lowest BCUT2D eigenvalue weighted by molar-refractivity contribution is -0.118. The van der Waals surface area contributed by atoms with Gasteiger partial charge < -0.3 is 15.2 Å². The van der Waals surface area contributed by atoms with Crippen LogP contribution in [0.4, 0.5) is 10.1 Å². The first-order valence-electron chi connectivity index (χ1n) is 11.0. The number of Topliss-reactive ketones (excluding diaryl/α,β-unsaturated/α-hetero) is 1. The van der Waals surface area contributed by atoms with E-state index in [9.17, 15) is 18.8 Å². The molecule has 1 heterocycles. The average molecular weight is 442 g/mol. The van der Waals surface area contributed by atoms with Gasteiger partial charge in [-0.1, -0.05) is 26.7 Å². The van der Waals surface area contributed by atoms with E-state index >= 15 is 0 Å². The molecular formula is C25H32FN3O3. The number of ketones is 1. The predicted molar refractivity (Wildman–Crippen MR) is 122 cm³/mol. The number of hydrogen-bond acceptors (Lipinski definition) is 3. The van der Waals surface area contributed by atoms with E-state index in [1.165, 1.54) is 12.1 Å². The molecule has 1 saturated carbocycles. The van der Waals surface area contributed by atoms with Crippen LogP contribution in [0.25, 0.3) is 0 Å². The van der Waals surface area contributed by atoms with Crippen molar-refractivity contribution in [2.45, 2.75) is 66.3 Å². The third-order valence-corrected chi connectivity index (χ3v) is 6.81. The second-order valence-electron chi connectivity index (χ2n) is 9.50. The lowest BCUT2D eigenvalue weighted by Gasteiger charge is -2.38. The molecule has 0 aliphatic heterocycles. The molecule has 1 unspecified atom stereocenters. The molecule has 1 fully saturated rings. The fourth-order valence-corrected chi connectivity index (χ4v) is 4.64. The molecule has 32 heavy (non-hydrogen) atoms. The van der Waals surface area contributed by atoms with Crippen LogP contribution in [0.2, 0.25) is 0 Å². The van der Waals surface area contributed by atoms with Crippen molar-refractivity contribution in [2.24, 2.45) is 12.5 Å². The molecule has 1 atom stereocenters. The zero-order valence-corrected chi connectivity index (χ0v) is 19.7. The van der Waals surface area contributed by atoms with Gasteiger partial charge in [0.1, 0.15) is 5.82 Å². The van der Waals surface area contributed by atoms with Gasteiger partial charge >= 0.3 is 0 Å². The number of carbonyl (C=O) groups is 3. The molecule has 3 rings (SSSR count). The van der Waals surface area contributed by atoms with Crippen LogP contribution in [-0.2, 0) is 11.8 Å². The summed E-state index contributed by atoms with van der Waals surface area (Å²) < 4.78 is 15.1. The van der Waals surface area contributed by atoms with Gasteiger partial charge in [-0.2, -0.15) is 0 Å². The molecule has 0 spiro atoms. The highest BCUT2D eigenvalue weighted by molar-refractivity contribution is 6.43. The molecule has 1 aromatic carbocycles. The molecule has 6 nitrogen and oxygen atoms in total. The Labute approximate surface area is 188 Å². The maximum Gasteiger partial charge on any atom is 0.294 e. The Morgan fingerprint density at radius 2 is 1.81 bits per heavy atom. The molecule has 0 bridgehead atoms. The SMILES string of the molecule is Cc1cc(NC(=O)c2c(C)c(C(=O)C(=O)NC3CCCCC3(C)C)n(C)c2C)ccc1F. The number of nitrogens with one attached hydrogen (secondary N) is 2. The number of nitrogens with zero attached hydrogens (tertiary/aromatic N) is 1. The third kappa shape index (κ3) is 4.47. The Hall–Kier alpha value is -2.96. The number of amides is 2. The first-order valence-corrected chi connectivity index (χ1v) is 11.0. The zero-order valence-electron chi connectivity index (χ0n) is 19.7. The van der Waals surface area contributed by atoms with E-state index < -0.39 is 17.6 Å². The Morgan fingerprint density at radius 3 is 2.44 bits per heavy atom. The smallest absolute Gasteiger partial charge is 0.294 e. The van der Waals surface area contributed by atoms with Gasteiger partial charge in [-0.15, -0.1) is 0 Å². The minimum Gasteiger partial charge on any atom is -0.346 e. The van der Waals surface area contributed by atoms with Crippen LogP contribution in [0, 0.1) is 32.0 Å². The van der Waals surface area contributed by atoms with Gasteiger partial charge in [0, 0.05) is 24.5 Å². The molecule has 7 heteroatoms. The normalized spacial score (nSPS) is 17.7. The zero-order chi connectivity index (χ0) is 23.8. The Morgan fingerprint density at radius 1 is 1.12 bits per heavy atom. The minimum absolute atomic E-state index is 0.0566. The summed E-state index contributed by atoms with van der Waals surface area (Å²) in [7, 11) is 1.67. The largest absolute Gasteiger partial charge is 0.346 e. The van der Waals surface area contributed by atoms with Crippen LogP contribution in [0.3, 0.4) is 0 Å². The van der Waals surface area contributed by atoms with Crippen molar-refractivity contribution in [3.8, 4) is 0 Å². The summed E-state index contributed by atoms with van der Waals surface area (Å²) in [6.45, 7) is 9.24. The highest BCUT2D eigenvalue weighted by atomic mass is 19.1. The third-order valence-electron chi connectivity index (χ3n) is 6.81. The number of hydrogen-bond donors (Lipinski definition) is 2. The summed E-state index contributed by atoms with van der Waals surface area (Å²) in [5.41, 5.74) is 2.38. The first kappa shape index (κ1) is 23.7. The van der Waals surface area contributed by atoms with Crippen molar-refractivity contribution in [2.75, 3.05) is 5.32 Å². The number of rotatable bonds is 5. The Bertz CT molecular complexity index is 1080. The van der Waals surface area contributed by atoms with Gasteiger partial charge in [-0.25, -0.2) is 4.39 Å². The van der Waals surface area contributed by atoms with Gasteiger partial charge in [-0.3, -0.25) is 14.4 Å². The van der Waals surface area contributed by atoms with Crippen LogP contribution < -0.4 is 10.6 Å². The van der Waals surface area contributed by atoms with Gasteiger partial charge in [-0.05, 0) is 68.4 Å². The van der Waals surface area contributed by atoms with Crippen LogP contribution in [-0.4, -0.2) is 28.2 Å². The highest BCUT2D eigenvalue weighted by Gasteiger charge is 2.36. The monoisotopic (exact) mass is 441 g/mol. The van der Waals surface area contributed by atoms with Crippen LogP contribution in [0.15, 0.2) is 18.2 Å². The van der Waals surface area contributed by atoms with E-state index in [4.69, 9.17) is 0 Å². The molecule has 2 aromatic rings. The average Bonchev–Trinajstić information content (AvgIpc) is 2.94. The summed E-state index contributed by atoms with van der Waals surface area (Å²) in [6, 6.07) is 4.27. The van der Waals surface area contributed by atoms with Gasteiger partial charge in [0.2, 0.25) is 0 Å². The van der Waals surface area contributed by atoms with Crippen molar-refractivity contribution < 1.29 is 18.8 Å². The van der Waals surface area contributed by atoms with E-state index in [0.717, 1.165) is 25.7 Å². The van der Waals surface area contributed by atoms with Crippen LogP contribution in [0.5, 0.6) is 0 Å². The maximum atomic E-state index is 13.5. The lowest BCUT2D eigenvalue weighted by Crippen LogP contribution is -2.49. The number of anilines is 1. The summed E-state index contributed by atoms with van der Waals surface area (Å²) in [4.78, 5) is 38.9. The molecule has 2 amide bonds. The summed E-state index contributed by atoms with van der Waals surface area (Å²) in [5.74, 6) is -2.05.